The minimum atomic E-state index is -4.64. The molecular weight excluding hydrogens is 725 g/mol. The summed E-state index contributed by atoms with van der Waals surface area (Å²) in [7, 11) is 1.13. The van der Waals surface area contributed by atoms with Gasteiger partial charge in [-0.05, 0) is 70.6 Å². The fourth-order valence-electron chi connectivity index (χ4n) is 5.78. The highest BCUT2D eigenvalue weighted by atomic mass is 31.2. The molecule has 0 N–H and O–H groups in total. The molecule has 1 unspecified atom stereocenters. The van der Waals surface area contributed by atoms with E-state index in [1.807, 2.05) is 27.2 Å². The van der Waals surface area contributed by atoms with Crippen molar-refractivity contribution < 1.29 is 42.1 Å². The number of nitrogens with zero attached hydrogens (tertiary/aromatic N) is 1. The van der Waals surface area contributed by atoms with Gasteiger partial charge in [0, 0.05) is 12.8 Å². The van der Waals surface area contributed by atoms with E-state index in [0.29, 0.717) is 30.3 Å². The van der Waals surface area contributed by atoms with Crippen molar-refractivity contribution in [2.24, 2.45) is 0 Å². The lowest BCUT2D eigenvalue weighted by atomic mass is 10.1. The average molecular weight is 810 g/mol. The van der Waals surface area contributed by atoms with Crippen molar-refractivity contribution in [1.82, 2.24) is 0 Å². The number of hydrogen-bond donors (Lipinski definition) is 0. The van der Waals surface area contributed by atoms with E-state index in [1.54, 1.807) is 0 Å². The summed E-state index contributed by atoms with van der Waals surface area (Å²) in [6.07, 6.45) is 44.3. The largest absolute Gasteiger partial charge is 0.756 e. The average Bonchev–Trinajstić information content (AvgIpc) is 3.15. The van der Waals surface area contributed by atoms with Gasteiger partial charge in [-0.1, -0.05) is 146 Å². The molecule has 0 saturated heterocycles. The van der Waals surface area contributed by atoms with Crippen LogP contribution in [-0.2, 0) is 32.7 Å². The van der Waals surface area contributed by atoms with E-state index in [1.165, 1.54) is 83.5 Å². The van der Waals surface area contributed by atoms with Crippen molar-refractivity contribution in [2.45, 2.75) is 187 Å². The minimum absolute atomic E-state index is 0.0423. The Kier molecular flexibility index (Phi) is 37.1. The Labute approximate surface area is 343 Å². The number of hydrogen-bond acceptors (Lipinski definition) is 8. The Bertz CT molecular complexity index is 1100. The molecule has 0 aliphatic carbocycles. The van der Waals surface area contributed by atoms with Crippen molar-refractivity contribution in [2.75, 3.05) is 47.5 Å². The fourth-order valence-corrected chi connectivity index (χ4v) is 6.51. The van der Waals surface area contributed by atoms with Crippen LogP contribution in [0.25, 0.3) is 0 Å². The standard InChI is InChI=1S/C46H84NO8P/c1-6-8-10-12-14-16-18-20-22-23-25-27-29-31-33-35-37-39-46(49)55-44(43-54-56(50,51)53-41-40-47(3,4)5)42-52-45(48)38-36-34-32-30-28-26-24-21-19-17-15-13-11-9-7-2/h20-22,24-25,27,31,33,44H,6-19,23,26,28-30,32,34-43H2,1-5H3/b22-20+,24-21+,27-25+,33-31+/t44-/m1/s1. The molecule has 0 aliphatic rings. The van der Waals surface area contributed by atoms with Crippen LogP contribution in [0.15, 0.2) is 48.6 Å². The third kappa shape index (κ3) is 41.6. The van der Waals surface area contributed by atoms with Gasteiger partial charge in [0.1, 0.15) is 19.8 Å². The summed E-state index contributed by atoms with van der Waals surface area (Å²) in [5.74, 6) is -0.906. The first-order valence-corrected chi connectivity index (χ1v) is 23.8. The number of rotatable bonds is 40. The zero-order valence-corrected chi connectivity index (χ0v) is 37.5. The third-order valence-electron chi connectivity index (χ3n) is 9.32. The van der Waals surface area contributed by atoms with Crippen molar-refractivity contribution >= 4 is 19.8 Å². The Morgan fingerprint density at radius 3 is 1.50 bits per heavy atom. The van der Waals surface area contributed by atoms with Crippen LogP contribution in [0.2, 0.25) is 0 Å². The van der Waals surface area contributed by atoms with Gasteiger partial charge >= 0.3 is 11.9 Å². The lowest BCUT2D eigenvalue weighted by Gasteiger charge is -2.28. The Morgan fingerprint density at radius 2 is 0.982 bits per heavy atom. The summed E-state index contributed by atoms with van der Waals surface area (Å²) in [4.78, 5) is 37.5. The molecule has 0 heterocycles. The van der Waals surface area contributed by atoms with E-state index in [-0.39, 0.29) is 26.1 Å². The summed E-state index contributed by atoms with van der Waals surface area (Å²) in [5.41, 5.74) is 0. The number of phosphoric acid groups is 1. The molecule has 9 nitrogen and oxygen atoms in total. The Hall–Kier alpha value is -2.03. The Balaban J connectivity index is 4.46. The molecule has 0 radical (unpaired) electrons. The molecular formula is C46H84NO8P. The summed E-state index contributed by atoms with van der Waals surface area (Å²) < 4.78 is 33.8. The van der Waals surface area contributed by atoms with Gasteiger partial charge < -0.3 is 27.9 Å². The second kappa shape index (κ2) is 38.5. The van der Waals surface area contributed by atoms with Crippen LogP contribution >= 0.6 is 7.82 Å². The molecule has 0 aromatic rings. The maximum atomic E-state index is 12.6. The van der Waals surface area contributed by atoms with Gasteiger partial charge in [0.25, 0.3) is 7.82 Å². The normalized spacial score (nSPS) is 14.0. The van der Waals surface area contributed by atoms with Crippen LogP contribution in [0.4, 0.5) is 0 Å². The molecule has 0 fully saturated rings. The third-order valence-corrected chi connectivity index (χ3v) is 10.3. The zero-order chi connectivity index (χ0) is 41.4. The van der Waals surface area contributed by atoms with E-state index in [2.05, 4.69) is 56.4 Å². The predicted molar refractivity (Wildman–Crippen MR) is 231 cm³/mol. The first-order valence-electron chi connectivity index (χ1n) is 22.3. The maximum Gasteiger partial charge on any atom is 0.306 e. The fraction of sp³-hybridized carbons (Fsp3) is 0.783. The molecule has 326 valence electrons. The smallest absolute Gasteiger partial charge is 0.306 e. The molecule has 2 atom stereocenters. The monoisotopic (exact) mass is 810 g/mol. The highest BCUT2D eigenvalue weighted by Gasteiger charge is 2.21. The predicted octanol–water partition coefficient (Wildman–Crippen LogP) is 12.1. The molecule has 0 saturated carbocycles. The van der Waals surface area contributed by atoms with Gasteiger partial charge in [-0.15, -0.1) is 0 Å². The Morgan fingerprint density at radius 1 is 0.554 bits per heavy atom. The molecule has 0 aromatic carbocycles. The minimum Gasteiger partial charge on any atom is -0.756 e. The lowest BCUT2D eigenvalue weighted by molar-refractivity contribution is -0.870. The van der Waals surface area contributed by atoms with Crippen LogP contribution in [0, 0.1) is 0 Å². The topological polar surface area (TPSA) is 111 Å². The van der Waals surface area contributed by atoms with E-state index >= 15 is 0 Å². The number of quaternary nitrogens is 1. The zero-order valence-electron chi connectivity index (χ0n) is 36.6. The van der Waals surface area contributed by atoms with E-state index in [9.17, 15) is 19.0 Å². The van der Waals surface area contributed by atoms with Gasteiger partial charge in [-0.2, -0.15) is 0 Å². The van der Waals surface area contributed by atoms with Crippen LogP contribution in [0.1, 0.15) is 181 Å². The molecule has 0 aromatic heterocycles. The van der Waals surface area contributed by atoms with E-state index in [0.717, 1.165) is 51.4 Å². The number of allylic oxidation sites excluding steroid dienone is 8. The molecule has 0 bridgehead atoms. The number of carbonyl (C=O) groups is 2. The van der Waals surface area contributed by atoms with Crippen molar-refractivity contribution in [1.29, 1.82) is 0 Å². The molecule has 0 amide bonds. The van der Waals surface area contributed by atoms with Gasteiger partial charge in [0.05, 0.1) is 27.7 Å². The van der Waals surface area contributed by atoms with Gasteiger partial charge in [0.15, 0.2) is 6.10 Å². The van der Waals surface area contributed by atoms with Crippen molar-refractivity contribution in [3.63, 3.8) is 0 Å². The van der Waals surface area contributed by atoms with Gasteiger partial charge in [-0.3, -0.25) is 14.2 Å². The quantitative estimate of drug-likeness (QED) is 0.0198. The first kappa shape index (κ1) is 54.0. The maximum absolute atomic E-state index is 12.6. The van der Waals surface area contributed by atoms with Gasteiger partial charge in [0.2, 0.25) is 0 Å². The summed E-state index contributed by atoms with van der Waals surface area (Å²) >= 11 is 0. The number of likely N-dealkylation sites (N-methyl/N-ethyl adjacent to an activating group) is 1. The summed E-state index contributed by atoms with van der Waals surface area (Å²) in [6.45, 7) is 4.14. The summed E-state index contributed by atoms with van der Waals surface area (Å²) in [5, 5.41) is 0. The highest BCUT2D eigenvalue weighted by molar-refractivity contribution is 7.45. The SMILES string of the molecule is CCCCCCCC/C=C/C/C=C/C/C=C/CCCC(=O)O[C@H](COC(=O)CCCCCCC/C=C/CCCCCCCC)COP(=O)([O-])OCC[N+](C)(C)C. The van der Waals surface area contributed by atoms with E-state index < -0.39 is 32.5 Å². The molecule has 0 rings (SSSR count). The van der Waals surface area contributed by atoms with Crippen LogP contribution in [0.5, 0.6) is 0 Å². The second-order valence-corrected chi connectivity index (χ2v) is 17.5. The highest BCUT2D eigenvalue weighted by Crippen LogP contribution is 2.38. The molecule has 0 aliphatic heterocycles. The van der Waals surface area contributed by atoms with Gasteiger partial charge in [-0.25, -0.2) is 0 Å². The first-order chi connectivity index (χ1) is 27.0. The number of esters is 2. The molecule has 0 spiro atoms. The number of unbranched alkanes of at least 4 members (excludes halogenated alkanes) is 18. The summed E-state index contributed by atoms with van der Waals surface area (Å²) in [6, 6.07) is 0. The second-order valence-electron chi connectivity index (χ2n) is 16.1. The van der Waals surface area contributed by atoms with Crippen LogP contribution < -0.4 is 4.89 Å². The van der Waals surface area contributed by atoms with Crippen LogP contribution in [-0.4, -0.2) is 70.0 Å². The van der Waals surface area contributed by atoms with Crippen LogP contribution in [0.3, 0.4) is 0 Å². The molecule has 56 heavy (non-hydrogen) atoms. The number of phosphoric ester groups is 1. The number of carbonyl (C=O) groups excluding carboxylic acids is 2. The number of ether oxygens (including phenoxy) is 2. The van der Waals surface area contributed by atoms with E-state index in [4.69, 9.17) is 18.5 Å². The van der Waals surface area contributed by atoms with Crippen molar-refractivity contribution in [3.8, 4) is 0 Å². The lowest BCUT2D eigenvalue weighted by Crippen LogP contribution is -2.37. The molecule has 10 heteroatoms. The van der Waals surface area contributed by atoms with Crippen molar-refractivity contribution in [3.05, 3.63) is 48.6 Å².